The lowest BCUT2D eigenvalue weighted by Crippen LogP contribution is -2.49. The van der Waals surface area contributed by atoms with E-state index in [9.17, 15) is 4.79 Å². The third kappa shape index (κ3) is 3.89. The Morgan fingerprint density at radius 2 is 2.03 bits per heavy atom. The van der Waals surface area contributed by atoms with Crippen LogP contribution in [0.4, 0.5) is 5.69 Å². The zero-order chi connectivity index (χ0) is 20.5. The Bertz CT molecular complexity index is 1190. The number of fused-ring (bicyclic) bond motifs is 2. The maximum absolute atomic E-state index is 11.2. The number of primary amides is 1. The number of H-pyrrole nitrogens is 2. The van der Waals surface area contributed by atoms with Crippen LogP contribution in [0, 0.1) is 0 Å². The first kappa shape index (κ1) is 18.7. The molecule has 1 amide bonds. The van der Waals surface area contributed by atoms with E-state index in [1.54, 1.807) is 0 Å². The Morgan fingerprint density at radius 3 is 2.93 bits per heavy atom. The first-order valence-corrected chi connectivity index (χ1v) is 10.5. The summed E-state index contributed by atoms with van der Waals surface area (Å²) in [7, 11) is 0. The fourth-order valence-electron chi connectivity index (χ4n) is 4.49. The Morgan fingerprint density at radius 1 is 1.13 bits per heavy atom. The molecule has 2 atom stereocenters. The van der Waals surface area contributed by atoms with Crippen LogP contribution < -0.4 is 16.4 Å². The number of aromatic nitrogens is 3. The normalized spacial score (nSPS) is 19.3. The largest absolute Gasteiger partial charge is 0.381 e. The number of aromatic amines is 2. The van der Waals surface area contributed by atoms with Gasteiger partial charge in [-0.2, -0.15) is 5.10 Å². The number of amides is 1. The molecule has 30 heavy (non-hydrogen) atoms. The second kappa shape index (κ2) is 7.84. The maximum atomic E-state index is 11.2. The van der Waals surface area contributed by atoms with E-state index in [4.69, 9.17) is 5.73 Å². The van der Waals surface area contributed by atoms with E-state index in [0.717, 1.165) is 59.0 Å². The molecular formula is C23H26N6O. The number of carbonyl (C=O) groups excluding carboxylic acids is 1. The molecule has 4 aromatic rings. The molecule has 1 saturated heterocycles. The third-order valence-corrected chi connectivity index (χ3v) is 5.94. The summed E-state index contributed by atoms with van der Waals surface area (Å²) >= 11 is 0. The van der Waals surface area contributed by atoms with Crippen LogP contribution in [0.2, 0.25) is 0 Å². The van der Waals surface area contributed by atoms with Gasteiger partial charge >= 0.3 is 0 Å². The molecule has 5 rings (SSSR count). The minimum atomic E-state index is -0.323. The van der Waals surface area contributed by atoms with Crippen molar-refractivity contribution in [3.63, 3.8) is 0 Å². The van der Waals surface area contributed by atoms with Crippen molar-refractivity contribution in [3.8, 4) is 0 Å². The lowest BCUT2D eigenvalue weighted by Gasteiger charge is -2.34. The molecule has 2 unspecified atom stereocenters. The van der Waals surface area contributed by atoms with Gasteiger partial charge in [-0.3, -0.25) is 9.89 Å². The highest BCUT2D eigenvalue weighted by Gasteiger charge is 2.25. The van der Waals surface area contributed by atoms with Gasteiger partial charge in [0.25, 0.3) is 0 Å². The van der Waals surface area contributed by atoms with Crippen LogP contribution in [0.5, 0.6) is 0 Å². The number of rotatable bonds is 6. The number of nitrogens with zero attached hydrogens (tertiary/aromatic N) is 1. The zero-order valence-corrected chi connectivity index (χ0v) is 16.7. The van der Waals surface area contributed by atoms with Crippen LogP contribution in [-0.2, 0) is 17.6 Å². The fraction of sp³-hybridized carbons (Fsp3) is 0.304. The third-order valence-electron chi connectivity index (χ3n) is 5.94. The molecule has 0 spiro atoms. The van der Waals surface area contributed by atoms with Gasteiger partial charge < -0.3 is 21.4 Å². The van der Waals surface area contributed by atoms with Crippen molar-refractivity contribution in [1.82, 2.24) is 20.5 Å². The summed E-state index contributed by atoms with van der Waals surface area (Å²) < 4.78 is 0. The Kier molecular flexibility index (Phi) is 4.88. The molecule has 0 aliphatic carbocycles. The van der Waals surface area contributed by atoms with Gasteiger partial charge in [0.2, 0.25) is 5.91 Å². The van der Waals surface area contributed by atoms with Crippen LogP contribution in [0.25, 0.3) is 21.8 Å². The van der Waals surface area contributed by atoms with E-state index in [0.29, 0.717) is 12.1 Å². The average Bonchev–Trinajstić information content (AvgIpc) is 3.34. The van der Waals surface area contributed by atoms with Gasteiger partial charge in [0.1, 0.15) is 0 Å². The molecule has 3 heterocycles. The van der Waals surface area contributed by atoms with Crippen LogP contribution in [0.15, 0.2) is 48.7 Å². The van der Waals surface area contributed by atoms with Gasteiger partial charge in [-0.25, -0.2) is 0 Å². The van der Waals surface area contributed by atoms with E-state index >= 15 is 0 Å². The summed E-state index contributed by atoms with van der Waals surface area (Å²) in [6, 6.07) is 15.5. The number of benzene rings is 2. The lowest BCUT2D eigenvalue weighted by molar-refractivity contribution is -0.117. The minimum Gasteiger partial charge on any atom is -0.381 e. The highest BCUT2D eigenvalue weighted by molar-refractivity contribution is 5.84. The van der Waals surface area contributed by atoms with Crippen LogP contribution >= 0.6 is 0 Å². The van der Waals surface area contributed by atoms with Crippen LogP contribution in [-0.4, -0.2) is 39.7 Å². The molecule has 154 valence electrons. The fourth-order valence-corrected chi connectivity index (χ4v) is 4.49. The number of anilines is 1. The van der Waals surface area contributed by atoms with Crippen molar-refractivity contribution in [1.29, 1.82) is 0 Å². The molecule has 2 aromatic heterocycles. The number of carbonyl (C=O) groups is 1. The van der Waals surface area contributed by atoms with E-state index in [1.807, 2.05) is 12.3 Å². The first-order chi connectivity index (χ1) is 14.6. The second-order valence-corrected chi connectivity index (χ2v) is 8.19. The molecule has 7 nitrogen and oxygen atoms in total. The molecule has 0 saturated carbocycles. The van der Waals surface area contributed by atoms with Gasteiger partial charge in [-0.05, 0) is 73.2 Å². The number of hydrogen-bond acceptors (Lipinski definition) is 4. The summed E-state index contributed by atoms with van der Waals surface area (Å²) in [5.74, 6) is -0.323. The molecule has 1 fully saturated rings. The number of hydrogen-bond donors (Lipinski definition) is 5. The molecule has 7 heteroatoms. The molecule has 1 aliphatic rings. The summed E-state index contributed by atoms with van der Waals surface area (Å²) in [5, 5.41) is 16.8. The minimum absolute atomic E-state index is 0.237. The second-order valence-electron chi connectivity index (χ2n) is 8.19. The van der Waals surface area contributed by atoms with Gasteiger partial charge in [0.15, 0.2) is 0 Å². The van der Waals surface area contributed by atoms with Crippen molar-refractivity contribution >= 4 is 33.4 Å². The molecule has 2 aromatic carbocycles. The Hall–Kier alpha value is -3.32. The van der Waals surface area contributed by atoms with Crippen molar-refractivity contribution < 1.29 is 4.79 Å². The van der Waals surface area contributed by atoms with E-state index in [2.05, 4.69) is 62.2 Å². The first-order valence-electron chi connectivity index (χ1n) is 10.5. The smallest absolute Gasteiger partial charge is 0.223 e. The van der Waals surface area contributed by atoms with E-state index in [1.165, 1.54) is 5.56 Å². The highest BCUT2D eigenvalue weighted by atomic mass is 16.1. The summed E-state index contributed by atoms with van der Waals surface area (Å²) in [6.45, 7) is 1.04. The average molecular weight is 403 g/mol. The summed E-state index contributed by atoms with van der Waals surface area (Å²) in [4.78, 5) is 14.5. The van der Waals surface area contributed by atoms with Gasteiger partial charge in [-0.15, -0.1) is 0 Å². The SMILES string of the molecule is NC(=O)Cc1cc2cc(CC3NCCCC3Nc3ccc4[nH]ncc4c3)ccc2[nH]1. The number of nitrogens with two attached hydrogens (primary N) is 1. The Labute approximate surface area is 174 Å². The standard InChI is InChI=1S/C23H26N6O/c24-23(30)12-18-10-15-8-14(3-5-19(15)28-18)9-22-21(2-1-7-25-22)27-17-4-6-20-16(11-17)13-26-29-20/h3-6,8,10-11,13,21-22,25,27-28H,1-2,7,9,12H2,(H2,24,30)(H,26,29). The number of nitrogens with one attached hydrogen (secondary N) is 4. The van der Waals surface area contributed by atoms with Gasteiger partial charge in [0.05, 0.1) is 18.1 Å². The predicted octanol–water partition coefficient (Wildman–Crippen LogP) is 2.85. The number of piperidine rings is 1. The molecule has 0 radical (unpaired) electrons. The van der Waals surface area contributed by atoms with Crippen molar-refractivity contribution in [2.45, 2.75) is 37.8 Å². The van der Waals surface area contributed by atoms with E-state index < -0.39 is 0 Å². The topological polar surface area (TPSA) is 112 Å². The zero-order valence-electron chi connectivity index (χ0n) is 16.7. The van der Waals surface area contributed by atoms with Gasteiger partial charge in [-0.1, -0.05) is 6.07 Å². The monoisotopic (exact) mass is 402 g/mol. The summed E-state index contributed by atoms with van der Waals surface area (Å²) in [5.41, 5.74) is 10.7. The molecule has 1 aliphatic heterocycles. The van der Waals surface area contributed by atoms with E-state index in [-0.39, 0.29) is 12.3 Å². The highest BCUT2D eigenvalue weighted by Crippen LogP contribution is 2.24. The molecular weight excluding hydrogens is 376 g/mol. The maximum Gasteiger partial charge on any atom is 0.223 e. The van der Waals surface area contributed by atoms with Crippen molar-refractivity contribution in [2.24, 2.45) is 5.73 Å². The van der Waals surface area contributed by atoms with Crippen LogP contribution in [0.3, 0.4) is 0 Å². The molecule has 6 N–H and O–H groups in total. The Balaban J connectivity index is 1.33. The van der Waals surface area contributed by atoms with Crippen molar-refractivity contribution in [2.75, 3.05) is 11.9 Å². The predicted molar refractivity (Wildman–Crippen MR) is 119 cm³/mol. The van der Waals surface area contributed by atoms with Gasteiger partial charge in [0, 0.05) is 34.4 Å². The lowest BCUT2D eigenvalue weighted by atomic mass is 9.92. The van der Waals surface area contributed by atoms with Crippen LogP contribution in [0.1, 0.15) is 24.1 Å². The summed E-state index contributed by atoms with van der Waals surface area (Å²) in [6.07, 6.45) is 5.33. The van der Waals surface area contributed by atoms with Crippen molar-refractivity contribution in [3.05, 3.63) is 59.9 Å². The molecule has 0 bridgehead atoms. The quantitative estimate of drug-likeness (QED) is 0.341.